The van der Waals surface area contributed by atoms with Crippen LogP contribution in [0.5, 0.6) is 0 Å². The summed E-state index contributed by atoms with van der Waals surface area (Å²) in [5, 5.41) is 6.25. The lowest BCUT2D eigenvalue weighted by molar-refractivity contribution is -0.146. The van der Waals surface area contributed by atoms with E-state index < -0.39 is 5.60 Å². The van der Waals surface area contributed by atoms with Crippen LogP contribution >= 0.6 is 12.4 Å². The van der Waals surface area contributed by atoms with Crippen molar-refractivity contribution in [2.24, 2.45) is 0 Å². The normalized spacial score (nSPS) is 17.2. The van der Waals surface area contributed by atoms with Crippen molar-refractivity contribution in [1.29, 1.82) is 0 Å². The van der Waals surface area contributed by atoms with Crippen molar-refractivity contribution in [1.82, 2.24) is 10.6 Å². The highest BCUT2D eigenvalue weighted by Gasteiger charge is 2.40. The summed E-state index contributed by atoms with van der Waals surface area (Å²) in [6, 6.07) is 6.42. The van der Waals surface area contributed by atoms with Gasteiger partial charge >= 0.3 is 0 Å². The van der Waals surface area contributed by atoms with Gasteiger partial charge in [-0.05, 0) is 43.6 Å². The van der Waals surface area contributed by atoms with Crippen LogP contribution in [-0.2, 0) is 14.9 Å². The predicted molar refractivity (Wildman–Crippen MR) is 91.5 cm³/mol. The van der Waals surface area contributed by atoms with E-state index in [1.807, 2.05) is 13.8 Å². The van der Waals surface area contributed by atoms with E-state index in [1.54, 1.807) is 19.2 Å². The summed E-state index contributed by atoms with van der Waals surface area (Å²) in [6.45, 7) is 6.10. The fraction of sp³-hybridized carbons (Fsp3) is 0.588. The SMILES string of the molecule is COC1(C(=O)NCC(C)(C)c2ccc(F)cc2)CCNCC1.Cl. The number of amides is 1. The lowest BCUT2D eigenvalue weighted by atomic mass is 9.84. The Kier molecular flexibility index (Phi) is 6.99. The van der Waals surface area contributed by atoms with E-state index in [2.05, 4.69) is 10.6 Å². The summed E-state index contributed by atoms with van der Waals surface area (Å²) in [5.74, 6) is -0.316. The smallest absolute Gasteiger partial charge is 0.252 e. The molecule has 1 aliphatic rings. The van der Waals surface area contributed by atoms with Crippen LogP contribution in [0.15, 0.2) is 24.3 Å². The molecule has 1 fully saturated rings. The van der Waals surface area contributed by atoms with Crippen LogP contribution in [0.1, 0.15) is 32.3 Å². The Bertz CT molecular complexity index is 514. The summed E-state index contributed by atoms with van der Waals surface area (Å²) in [4.78, 5) is 12.6. The third-order valence-corrected chi connectivity index (χ3v) is 4.53. The van der Waals surface area contributed by atoms with Crippen LogP contribution in [0, 0.1) is 5.82 Å². The second-order valence-electron chi connectivity index (χ2n) is 6.52. The molecule has 1 amide bonds. The molecule has 4 nitrogen and oxygen atoms in total. The molecule has 1 saturated heterocycles. The number of hydrogen-bond donors (Lipinski definition) is 2. The Morgan fingerprint density at radius 1 is 1.30 bits per heavy atom. The second kappa shape index (κ2) is 8.08. The van der Waals surface area contributed by atoms with Gasteiger partial charge in [0.15, 0.2) is 0 Å². The van der Waals surface area contributed by atoms with Crippen LogP contribution in [0.4, 0.5) is 4.39 Å². The van der Waals surface area contributed by atoms with Gasteiger partial charge in [0.2, 0.25) is 0 Å². The van der Waals surface area contributed by atoms with Gasteiger partial charge in [-0.2, -0.15) is 0 Å². The molecule has 0 bridgehead atoms. The molecule has 0 unspecified atom stereocenters. The molecule has 0 spiro atoms. The minimum Gasteiger partial charge on any atom is -0.368 e. The van der Waals surface area contributed by atoms with Gasteiger partial charge < -0.3 is 15.4 Å². The van der Waals surface area contributed by atoms with Crippen molar-refractivity contribution in [3.05, 3.63) is 35.6 Å². The summed E-state index contributed by atoms with van der Waals surface area (Å²) < 4.78 is 18.6. The van der Waals surface area contributed by atoms with Crippen molar-refractivity contribution in [3.8, 4) is 0 Å². The Hall–Kier alpha value is -1.17. The van der Waals surface area contributed by atoms with Gasteiger partial charge in [0.25, 0.3) is 5.91 Å². The van der Waals surface area contributed by atoms with Gasteiger partial charge in [-0.3, -0.25) is 4.79 Å². The maximum absolute atomic E-state index is 13.0. The van der Waals surface area contributed by atoms with Crippen LogP contribution in [0.25, 0.3) is 0 Å². The van der Waals surface area contributed by atoms with Crippen molar-refractivity contribution in [2.45, 2.75) is 37.7 Å². The number of piperidine rings is 1. The molecule has 0 atom stereocenters. The molecule has 0 aromatic heterocycles. The van der Waals surface area contributed by atoms with Crippen molar-refractivity contribution in [2.75, 3.05) is 26.7 Å². The zero-order valence-corrected chi connectivity index (χ0v) is 14.8. The van der Waals surface area contributed by atoms with E-state index in [0.29, 0.717) is 19.4 Å². The first-order valence-corrected chi connectivity index (χ1v) is 7.70. The number of hydrogen-bond acceptors (Lipinski definition) is 3. The second-order valence-corrected chi connectivity index (χ2v) is 6.52. The zero-order chi connectivity index (χ0) is 16.2. The molecule has 0 saturated carbocycles. The van der Waals surface area contributed by atoms with E-state index >= 15 is 0 Å². The van der Waals surface area contributed by atoms with Gasteiger partial charge in [0, 0.05) is 19.1 Å². The standard InChI is InChI=1S/C17H25FN2O2.ClH/c1-16(2,13-4-6-14(18)7-5-13)12-20-15(21)17(22-3)8-10-19-11-9-17;/h4-7,19H,8-12H2,1-3H3,(H,20,21);1H. The molecule has 0 aliphatic carbocycles. The molecule has 0 radical (unpaired) electrons. The number of carbonyl (C=O) groups excluding carboxylic acids is 1. The third-order valence-electron chi connectivity index (χ3n) is 4.53. The average molecular weight is 345 g/mol. The number of methoxy groups -OCH3 is 1. The minimum absolute atomic E-state index is 0. The van der Waals surface area contributed by atoms with Crippen LogP contribution in [0.3, 0.4) is 0 Å². The highest BCUT2D eigenvalue weighted by Crippen LogP contribution is 2.25. The average Bonchev–Trinajstić information content (AvgIpc) is 2.53. The third kappa shape index (κ3) is 4.66. The molecule has 1 heterocycles. The Morgan fingerprint density at radius 2 is 1.87 bits per heavy atom. The molecule has 6 heteroatoms. The summed E-state index contributed by atoms with van der Waals surface area (Å²) in [5.41, 5.74) is -0.0130. The van der Waals surface area contributed by atoms with Gasteiger partial charge in [-0.1, -0.05) is 26.0 Å². The van der Waals surface area contributed by atoms with Gasteiger partial charge in [0.05, 0.1) is 0 Å². The first-order chi connectivity index (χ1) is 10.4. The fourth-order valence-electron chi connectivity index (χ4n) is 2.82. The summed E-state index contributed by atoms with van der Waals surface area (Å²) >= 11 is 0. The Morgan fingerprint density at radius 3 is 2.39 bits per heavy atom. The largest absolute Gasteiger partial charge is 0.368 e. The van der Waals surface area contributed by atoms with Crippen LogP contribution in [0.2, 0.25) is 0 Å². The monoisotopic (exact) mass is 344 g/mol. The van der Waals surface area contributed by atoms with Crippen molar-refractivity contribution in [3.63, 3.8) is 0 Å². The van der Waals surface area contributed by atoms with E-state index in [0.717, 1.165) is 18.7 Å². The number of nitrogens with one attached hydrogen (secondary N) is 2. The minimum atomic E-state index is -0.732. The number of benzene rings is 1. The molecule has 2 rings (SSSR count). The molecule has 130 valence electrons. The molecular weight excluding hydrogens is 319 g/mol. The summed E-state index contributed by atoms with van der Waals surface area (Å²) in [7, 11) is 1.59. The fourth-order valence-corrected chi connectivity index (χ4v) is 2.82. The topological polar surface area (TPSA) is 50.4 Å². The van der Waals surface area contributed by atoms with E-state index in [1.165, 1.54) is 12.1 Å². The van der Waals surface area contributed by atoms with Crippen LogP contribution < -0.4 is 10.6 Å². The van der Waals surface area contributed by atoms with E-state index in [9.17, 15) is 9.18 Å². The predicted octanol–water partition coefficient (Wildman–Crippen LogP) is 2.41. The first kappa shape index (κ1) is 19.9. The molecule has 23 heavy (non-hydrogen) atoms. The van der Waals surface area contributed by atoms with Crippen molar-refractivity contribution >= 4 is 18.3 Å². The summed E-state index contributed by atoms with van der Waals surface area (Å²) in [6.07, 6.45) is 1.35. The number of carbonyl (C=O) groups is 1. The molecule has 2 N–H and O–H groups in total. The van der Waals surface area contributed by atoms with Crippen molar-refractivity contribution < 1.29 is 13.9 Å². The van der Waals surface area contributed by atoms with E-state index in [4.69, 9.17) is 4.74 Å². The number of ether oxygens (including phenoxy) is 1. The highest BCUT2D eigenvalue weighted by molar-refractivity contribution is 5.85. The molecular formula is C17H26ClFN2O2. The van der Waals surface area contributed by atoms with Crippen LogP contribution in [-0.4, -0.2) is 38.3 Å². The first-order valence-electron chi connectivity index (χ1n) is 7.70. The lowest BCUT2D eigenvalue weighted by Crippen LogP contribution is -2.55. The Balaban J connectivity index is 0.00000264. The number of halogens is 2. The van der Waals surface area contributed by atoms with Gasteiger partial charge in [-0.15, -0.1) is 12.4 Å². The Labute approximate surface area is 143 Å². The highest BCUT2D eigenvalue weighted by atomic mass is 35.5. The molecule has 1 aromatic rings. The zero-order valence-electron chi connectivity index (χ0n) is 13.9. The molecule has 1 aromatic carbocycles. The van der Waals surface area contributed by atoms with Gasteiger partial charge in [0.1, 0.15) is 11.4 Å². The number of rotatable bonds is 5. The maximum Gasteiger partial charge on any atom is 0.252 e. The van der Waals surface area contributed by atoms with E-state index in [-0.39, 0.29) is 29.5 Å². The van der Waals surface area contributed by atoms with Gasteiger partial charge in [-0.25, -0.2) is 4.39 Å². The lowest BCUT2D eigenvalue weighted by Gasteiger charge is -2.36. The molecule has 1 aliphatic heterocycles. The quantitative estimate of drug-likeness (QED) is 0.862. The maximum atomic E-state index is 13.0.